The normalized spacial score (nSPS) is 15.8. The van der Waals surface area contributed by atoms with Crippen LogP contribution < -0.4 is 0 Å². The minimum absolute atomic E-state index is 0.149. The molecule has 1 saturated heterocycles. The monoisotopic (exact) mass is 415 g/mol. The first kappa shape index (κ1) is 21.2. The van der Waals surface area contributed by atoms with E-state index in [0.29, 0.717) is 18.7 Å². The summed E-state index contributed by atoms with van der Waals surface area (Å²) in [7, 11) is -3.53. The highest BCUT2D eigenvalue weighted by atomic mass is 32.2. The van der Waals surface area contributed by atoms with Crippen LogP contribution in [0.3, 0.4) is 0 Å². The van der Waals surface area contributed by atoms with Crippen molar-refractivity contribution < 1.29 is 22.7 Å². The van der Waals surface area contributed by atoms with Crippen molar-refractivity contribution in [3.63, 3.8) is 0 Å². The Balaban J connectivity index is 1.66. The molecule has 1 heterocycles. The van der Waals surface area contributed by atoms with E-state index in [9.17, 15) is 18.0 Å². The predicted molar refractivity (Wildman–Crippen MR) is 109 cm³/mol. The van der Waals surface area contributed by atoms with Gasteiger partial charge in [-0.15, -0.1) is 0 Å². The summed E-state index contributed by atoms with van der Waals surface area (Å²) in [6.45, 7) is 4.60. The summed E-state index contributed by atoms with van der Waals surface area (Å²) < 4.78 is 31.8. The number of ether oxygens (including phenoxy) is 1. The molecule has 154 valence electrons. The molecule has 3 rings (SSSR count). The van der Waals surface area contributed by atoms with Gasteiger partial charge in [-0.2, -0.15) is 4.31 Å². The van der Waals surface area contributed by atoms with Gasteiger partial charge >= 0.3 is 5.97 Å². The number of ketones is 1. The fourth-order valence-corrected chi connectivity index (χ4v) is 4.78. The lowest BCUT2D eigenvalue weighted by Crippen LogP contribution is -2.28. The van der Waals surface area contributed by atoms with Crippen LogP contribution in [0.15, 0.2) is 53.4 Å². The van der Waals surface area contributed by atoms with Crippen LogP contribution in [0.25, 0.3) is 0 Å². The van der Waals surface area contributed by atoms with Crippen molar-refractivity contribution in [1.82, 2.24) is 4.31 Å². The lowest BCUT2D eigenvalue weighted by atomic mass is 10.0. The Morgan fingerprint density at radius 2 is 1.52 bits per heavy atom. The highest BCUT2D eigenvalue weighted by Crippen LogP contribution is 2.21. The number of Topliss-reactive ketones (excluding diaryl/α,β-unsaturated/α-hetero) is 1. The minimum atomic E-state index is -3.53. The molecule has 1 aliphatic heterocycles. The average molecular weight is 416 g/mol. The van der Waals surface area contributed by atoms with Crippen molar-refractivity contribution in [2.75, 3.05) is 13.1 Å². The highest BCUT2D eigenvalue weighted by molar-refractivity contribution is 7.89. The topological polar surface area (TPSA) is 80.8 Å². The van der Waals surface area contributed by atoms with Crippen molar-refractivity contribution in [2.24, 2.45) is 0 Å². The second-order valence-electron chi connectivity index (χ2n) is 7.10. The third-order valence-electron chi connectivity index (χ3n) is 5.09. The molecule has 1 fully saturated rings. The van der Waals surface area contributed by atoms with E-state index in [0.717, 1.165) is 24.8 Å². The van der Waals surface area contributed by atoms with E-state index in [2.05, 4.69) is 0 Å². The Hall–Kier alpha value is -2.51. The van der Waals surface area contributed by atoms with Crippen molar-refractivity contribution in [1.29, 1.82) is 0 Å². The van der Waals surface area contributed by atoms with Gasteiger partial charge in [0.2, 0.25) is 15.8 Å². The maximum atomic E-state index is 12.6. The SMILES string of the molecule is CCc1ccc(C(=O)[C@@H](C)OC(=O)c2ccc(S(=O)(=O)N3CCCC3)cc2)cc1. The van der Waals surface area contributed by atoms with Gasteiger partial charge in [0, 0.05) is 18.7 Å². The molecule has 6 nitrogen and oxygen atoms in total. The Bertz CT molecular complexity index is 975. The maximum Gasteiger partial charge on any atom is 0.338 e. The van der Waals surface area contributed by atoms with E-state index in [1.165, 1.54) is 35.5 Å². The first-order valence-corrected chi connectivity index (χ1v) is 11.2. The first-order valence-electron chi connectivity index (χ1n) is 9.77. The Morgan fingerprint density at radius 1 is 0.966 bits per heavy atom. The van der Waals surface area contributed by atoms with Crippen molar-refractivity contribution in [3.05, 3.63) is 65.2 Å². The number of hydrogen-bond acceptors (Lipinski definition) is 5. The summed E-state index contributed by atoms with van der Waals surface area (Å²) in [4.78, 5) is 25.0. The molecule has 0 aromatic heterocycles. The van der Waals surface area contributed by atoms with Crippen LogP contribution in [0.4, 0.5) is 0 Å². The molecule has 0 amide bonds. The fourth-order valence-electron chi connectivity index (χ4n) is 3.26. The zero-order valence-corrected chi connectivity index (χ0v) is 17.4. The summed E-state index contributed by atoms with van der Waals surface area (Å²) in [6, 6.07) is 12.8. The number of carbonyl (C=O) groups excluding carboxylic acids is 2. The number of carbonyl (C=O) groups is 2. The molecular weight excluding hydrogens is 390 g/mol. The zero-order chi connectivity index (χ0) is 21.0. The van der Waals surface area contributed by atoms with Gasteiger partial charge in [-0.1, -0.05) is 31.2 Å². The van der Waals surface area contributed by atoms with Gasteiger partial charge in [-0.05, 0) is 56.0 Å². The molecule has 0 bridgehead atoms. The van der Waals surface area contributed by atoms with Crippen LogP contribution in [0.5, 0.6) is 0 Å². The Morgan fingerprint density at radius 3 is 2.07 bits per heavy atom. The zero-order valence-electron chi connectivity index (χ0n) is 16.6. The molecule has 0 unspecified atom stereocenters. The number of hydrogen-bond donors (Lipinski definition) is 0. The molecule has 1 aliphatic rings. The van der Waals surface area contributed by atoms with E-state index in [-0.39, 0.29) is 16.2 Å². The van der Waals surface area contributed by atoms with E-state index in [1.807, 2.05) is 19.1 Å². The molecule has 0 spiro atoms. The summed E-state index contributed by atoms with van der Waals surface area (Å²) in [6.07, 6.45) is 1.65. The molecule has 0 N–H and O–H groups in total. The smallest absolute Gasteiger partial charge is 0.338 e. The van der Waals surface area contributed by atoms with Gasteiger partial charge in [0.1, 0.15) is 0 Å². The minimum Gasteiger partial charge on any atom is -0.451 e. The quantitative estimate of drug-likeness (QED) is 0.511. The molecule has 1 atom stereocenters. The number of rotatable bonds is 7. The van der Waals surface area contributed by atoms with E-state index in [4.69, 9.17) is 4.74 Å². The van der Waals surface area contributed by atoms with Crippen molar-refractivity contribution in [2.45, 2.75) is 44.1 Å². The second-order valence-corrected chi connectivity index (χ2v) is 9.04. The van der Waals surface area contributed by atoms with Crippen molar-refractivity contribution in [3.8, 4) is 0 Å². The third kappa shape index (κ3) is 4.74. The predicted octanol–water partition coefficient (Wildman–Crippen LogP) is 3.46. The summed E-state index contributed by atoms with van der Waals surface area (Å²) in [5.74, 6) is -0.949. The number of benzene rings is 2. The van der Waals surface area contributed by atoms with Gasteiger partial charge < -0.3 is 4.74 Å². The number of esters is 1. The van der Waals surface area contributed by atoms with Crippen LogP contribution in [-0.2, 0) is 21.2 Å². The molecule has 0 radical (unpaired) electrons. The lowest BCUT2D eigenvalue weighted by Gasteiger charge is -2.16. The molecule has 2 aromatic rings. The van der Waals surface area contributed by atoms with E-state index >= 15 is 0 Å². The van der Waals surface area contributed by atoms with Gasteiger partial charge in [-0.3, -0.25) is 4.79 Å². The van der Waals surface area contributed by atoms with Crippen LogP contribution in [0.1, 0.15) is 53.0 Å². The van der Waals surface area contributed by atoms with E-state index in [1.54, 1.807) is 12.1 Å². The molecule has 7 heteroatoms. The highest BCUT2D eigenvalue weighted by Gasteiger charge is 2.27. The number of nitrogens with zero attached hydrogens (tertiary/aromatic N) is 1. The Labute approximate surface area is 171 Å². The van der Waals surface area contributed by atoms with Crippen molar-refractivity contribution >= 4 is 21.8 Å². The Kier molecular flexibility index (Phi) is 6.49. The standard InChI is InChI=1S/C22H25NO5S/c1-3-17-6-8-18(9-7-17)21(24)16(2)28-22(25)19-10-12-20(13-11-19)29(26,27)23-14-4-5-15-23/h6-13,16H,3-5,14-15H2,1-2H3/t16-/m1/s1. The third-order valence-corrected chi connectivity index (χ3v) is 7.01. The van der Waals surface area contributed by atoms with Crippen LogP contribution in [-0.4, -0.2) is 43.7 Å². The summed E-state index contributed by atoms with van der Waals surface area (Å²) >= 11 is 0. The summed E-state index contributed by atoms with van der Waals surface area (Å²) in [5.41, 5.74) is 1.80. The fraction of sp³-hybridized carbons (Fsp3) is 0.364. The average Bonchev–Trinajstić information content (AvgIpc) is 3.29. The van der Waals surface area contributed by atoms with Crippen LogP contribution in [0, 0.1) is 0 Å². The second kappa shape index (κ2) is 8.88. The van der Waals surface area contributed by atoms with E-state index < -0.39 is 22.1 Å². The lowest BCUT2D eigenvalue weighted by molar-refractivity contribution is 0.0318. The number of aryl methyl sites for hydroxylation is 1. The van der Waals surface area contributed by atoms with Crippen LogP contribution in [0.2, 0.25) is 0 Å². The maximum absolute atomic E-state index is 12.6. The van der Waals surface area contributed by atoms with Crippen LogP contribution >= 0.6 is 0 Å². The molecule has 2 aromatic carbocycles. The molecular formula is C22H25NO5S. The largest absolute Gasteiger partial charge is 0.451 e. The molecule has 29 heavy (non-hydrogen) atoms. The summed E-state index contributed by atoms with van der Waals surface area (Å²) in [5, 5.41) is 0. The first-order chi connectivity index (χ1) is 13.8. The molecule has 0 saturated carbocycles. The van der Waals surface area contributed by atoms with Gasteiger partial charge in [0.25, 0.3) is 0 Å². The van der Waals surface area contributed by atoms with Gasteiger partial charge in [-0.25, -0.2) is 13.2 Å². The molecule has 0 aliphatic carbocycles. The van der Waals surface area contributed by atoms with Gasteiger partial charge in [0.05, 0.1) is 10.5 Å². The number of sulfonamides is 1. The van der Waals surface area contributed by atoms with Gasteiger partial charge in [0.15, 0.2) is 6.10 Å².